The first kappa shape index (κ1) is 13.4. The lowest BCUT2D eigenvalue weighted by molar-refractivity contribution is -0.469. The number of halogens is 1. The molecule has 0 N–H and O–H groups in total. The molecule has 98 valence electrons. The van der Waals surface area contributed by atoms with Gasteiger partial charge in [-0.3, -0.25) is 0 Å². The van der Waals surface area contributed by atoms with Gasteiger partial charge in [0.25, 0.3) is 0 Å². The highest BCUT2D eigenvalue weighted by atomic mass is 35.5. The summed E-state index contributed by atoms with van der Waals surface area (Å²) in [6.07, 6.45) is 1.54. The van der Waals surface area contributed by atoms with Crippen LogP contribution in [-0.2, 0) is 6.54 Å². The number of hydrogen-bond donors (Lipinski definition) is 0. The van der Waals surface area contributed by atoms with E-state index in [0.717, 1.165) is 21.6 Å². The van der Waals surface area contributed by atoms with Crippen molar-refractivity contribution < 1.29 is 9.48 Å². The molecule has 0 aliphatic heterocycles. The zero-order valence-corrected chi connectivity index (χ0v) is 11.3. The van der Waals surface area contributed by atoms with Crippen molar-refractivity contribution in [1.29, 1.82) is 0 Å². The van der Waals surface area contributed by atoms with E-state index in [1.165, 1.54) is 0 Å². The lowest BCUT2D eigenvalue weighted by Gasteiger charge is -2.05. The molecule has 0 bridgehead atoms. The first-order valence-electron chi connectivity index (χ1n) is 5.84. The topological polar surface area (TPSA) is 35.3 Å². The molecule has 2 aromatic rings. The lowest BCUT2D eigenvalue weighted by atomic mass is 10.2. The number of rotatable bonds is 4. The van der Waals surface area contributed by atoms with E-state index in [9.17, 15) is 5.21 Å². The van der Waals surface area contributed by atoms with Gasteiger partial charge in [0.15, 0.2) is 12.8 Å². The standard InChI is InChI=1S/C15H14ClNO2/c1-19-15-8-4-13(5-9-15)11-17(18)10-12-2-6-14(16)7-3-12/h2-10H,11H2,1H3. The highest BCUT2D eigenvalue weighted by Crippen LogP contribution is 2.12. The molecule has 0 heterocycles. The molecule has 0 aliphatic rings. The largest absolute Gasteiger partial charge is 0.624 e. The minimum atomic E-state index is 0.298. The number of methoxy groups -OCH3 is 1. The summed E-state index contributed by atoms with van der Waals surface area (Å²) in [6.45, 7) is 0.298. The fraction of sp³-hybridized carbons (Fsp3) is 0.133. The van der Waals surface area contributed by atoms with Crippen molar-refractivity contribution >= 4 is 17.8 Å². The molecule has 3 nitrogen and oxygen atoms in total. The van der Waals surface area contributed by atoms with Crippen LogP contribution in [-0.4, -0.2) is 18.1 Å². The molecule has 2 rings (SSSR count). The van der Waals surface area contributed by atoms with E-state index >= 15 is 0 Å². The van der Waals surface area contributed by atoms with Gasteiger partial charge in [-0.15, -0.1) is 0 Å². The maximum absolute atomic E-state index is 11.8. The van der Waals surface area contributed by atoms with Crippen molar-refractivity contribution in [1.82, 2.24) is 0 Å². The van der Waals surface area contributed by atoms with Crippen molar-refractivity contribution in [2.24, 2.45) is 0 Å². The highest BCUT2D eigenvalue weighted by Gasteiger charge is 2.00. The van der Waals surface area contributed by atoms with Crippen LogP contribution in [0.2, 0.25) is 5.02 Å². The molecular formula is C15H14ClNO2. The second-order valence-corrected chi connectivity index (χ2v) is 4.54. The predicted octanol–water partition coefficient (Wildman–Crippen LogP) is 3.48. The third-order valence-electron chi connectivity index (χ3n) is 2.66. The van der Waals surface area contributed by atoms with Gasteiger partial charge in [0.2, 0.25) is 0 Å². The molecule has 0 saturated carbocycles. The molecule has 0 radical (unpaired) electrons. The van der Waals surface area contributed by atoms with Gasteiger partial charge in [0, 0.05) is 16.1 Å². The Hall–Kier alpha value is -2.00. The summed E-state index contributed by atoms with van der Waals surface area (Å²) in [5.74, 6) is 0.780. The zero-order valence-electron chi connectivity index (χ0n) is 10.5. The van der Waals surface area contributed by atoms with Crippen LogP contribution in [0, 0.1) is 5.21 Å². The molecule has 19 heavy (non-hydrogen) atoms. The van der Waals surface area contributed by atoms with Gasteiger partial charge >= 0.3 is 0 Å². The Kier molecular flexibility index (Phi) is 4.42. The van der Waals surface area contributed by atoms with Crippen LogP contribution in [0.5, 0.6) is 5.75 Å². The molecular weight excluding hydrogens is 262 g/mol. The van der Waals surface area contributed by atoms with E-state index in [1.807, 2.05) is 24.3 Å². The number of hydrogen-bond acceptors (Lipinski definition) is 2. The zero-order chi connectivity index (χ0) is 13.7. The molecule has 0 atom stereocenters. The Morgan fingerprint density at radius 3 is 2.32 bits per heavy atom. The predicted molar refractivity (Wildman–Crippen MR) is 76.9 cm³/mol. The van der Waals surface area contributed by atoms with Crippen molar-refractivity contribution in [3.63, 3.8) is 0 Å². The van der Waals surface area contributed by atoms with Gasteiger partial charge in [-0.1, -0.05) is 11.6 Å². The number of nitrogens with zero attached hydrogens (tertiary/aromatic N) is 1. The Morgan fingerprint density at radius 1 is 1.11 bits per heavy atom. The highest BCUT2D eigenvalue weighted by molar-refractivity contribution is 6.30. The van der Waals surface area contributed by atoms with Crippen LogP contribution >= 0.6 is 11.6 Å². The van der Waals surface area contributed by atoms with Gasteiger partial charge in [-0.05, 0) is 48.5 Å². The van der Waals surface area contributed by atoms with E-state index < -0.39 is 0 Å². The molecule has 0 amide bonds. The summed E-state index contributed by atoms with van der Waals surface area (Å²) < 4.78 is 5.96. The quantitative estimate of drug-likeness (QED) is 0.371. The second-order valence-electron chi connectivity index (χ2n) is 4.10. The van der Waals surface area contributed by atoms with Crippen molar-refractivity contribution in [3.8, 4) is 5.75 Å². The Morgan fingerprint density at radius 2 is 1.74 bits per heavy atom. The Labute approximate surface area is 117 Å². The van der Waals surface area contributed by atoms with Crippen LogP contribution in [0.4, 0.5) is 0 Å². The average molecular weight is 276 g/mol. The van der Waals surface area contributed by atoms with E-state index in [4.69, 9.17) is 16.3 Å². The normalized spacial score (nSPS) is 11.4. The van der Waals surface area contributed by atoms with E-state index in [1.54, 1.807) is 37.6 Å². The summed E-state index contributed by atoms with van der Waals surface area (Å²) >= 11 is 5.79. The van der Waals surface area contributed by atoms with Crippen LogP contribution in [0.3, 0.4) is 0 Å². The Balaban J connectivity index is 2.06. The summed E-state index contributed by atoms with van der Waals surface area (Å²) in [7, 11) is 1.61. The van der Waals surface area contributed by atoms with Crippen LogP contribution in [0.25, 0.3) is 0 Å². The molecule has 0 saturated heterocycles. The number of benzene rings is 2. The van der Waals surface area contributed by atoms with Crippen molar-refractivity contribution in [2.75, 3.05) is 7.11 Å². The molecule has 0 unspecified atom stereocenters. The molecule has 2 aromatic carbocycles. The maximum Gasteiger partial charge on any atom is 0.182 e. The third-order valence-corrected chi connectivity index (χ3v) is 2.91. The van der Waals surface area contributed by atoms with Crippen molar-refractivity contribution in [3.05, 3.63) is 69.9 Å². The van der Waals surface area contributed by atoms with Gasteiger partial charge < -0.3 is 9.94 Å². The summed E-state index contributed by atoms with van der Waals surface area (Å²) in [4.78, 5) is 0. The first-order chi connectivity index (χ1) is 9.17. The summed E-state index contributed by atoms with van der Waals surface area (Å²) in [6, 6.07) is 14.6. The van der Waals surface area contributed by atoms with Crippen LogP contribution in [0.15, 0.2) is 48.5 Å². The molecule has 0 spiro atoms. The van der Waals surface area contributed by atoms with Crippen molar-refractivity contribution in [2.45, 2.75) is 6.54 Å². The fourth-order valence-corrected chi connectivity index (χ4v) is 1.80. The average Bonchev–Trinajstić information content (AvgIpc) is 2.42. The fourth-order valence-electron chi connectivity index (χ4n) is 1.67. The van der Waals surface area contributed by atoms with Crippen LogP contribution in [0.1, 0.15) is 11.1 Å². The van der Waals surface area contributed by atoms with E-state index in [0.29, 0.717) is 11.6 Å². The monoisotopic (exact) mass is 275 g/mol. The number of hydroxylamine groups is 1. The summed E-state index contributed by atoms with van der Waals surface area (Å²) in [5.41, 5.74) is 1.76. The van der Waals surface area contributed by atoms with Gasteiger partial charge in [-0.25, -0.2) is 4.74 Å². The minimum Gasteiger partial charge on any atom is -0.624 e. The SMILES string of the molecule is COc1ccc(C[N+]([O-])=Cc2ccc(Cl)cc2)cc1. The summed E-state index contributed by atoms with van der Waals surface area (Å²) in [5, 5.41) is 12.5. The Bertz CT molecular complexity index is 562. The van der Waals surface area contributed by atoms with Gasteiger partial charge in [0.05, 0.1) is 7.11 Å². The van der Waals surface area contributed by atoms with Gasteiger partial charge in [0.1, 0.15) is 5.75 Å². The van der Waals surface area contributed by atoms with E-state index in [2.05, 4.69) is 0 Å². The van der Waals surface area contributed by atoms with Crippen LogP contribution < -0.4 is 4.74 Å². The smallest absolute Gasteiger partial charge is 0.182 e. The molecule has 4 heteroatoms. The molecule has 0 fully saturated rings. The molecule has 0 aromatic heterocycles. The maximum atomic E-state index is 11.8. The first-order valence-corrected chi connectivity index (χ1v) is 6.22. The lowest BCUT2D eigenvalue weighted by Crippen LogP contribution is -2.05. The van der Waals surface area contributed by atoms with Gasteiger partial charge in [-0.2, -0.15) is 0 Å². The third kappa shape index (κ3) is 4.00. The molecule has 0 aliphatic carbocycles. The second kappa shape index (κ2) is 6.25. The van der Waals surface area contributed by atoms with E-state index in [-0.39, 0.29) is 0 Å². The number of ether oxygens (including phenoxy) is 1. The minimum absolute atomic E-state index is 0.298.